The Labute approximate surface area is 150 Å². The van der Waals surface area contributed by atoms with E-state index in [2.05, 4.69) is 22.8 Å². The molecule has 1 aromatic rings. The van der Waals surface area contributed by atoms with Crippen LogP contribution in [0.3, 0.4) is 0 Å². The summed E-state index contributed by atoms with van der Waals surface area (Å²) in [7, 11) is 0. The van der Waals surface area contributed by atoms with Gasteiger partial charge in [0.2, 0.25) is 5.91 Å². The zero-order valence-corrected chi connectivity index (χ0v) is 15.2. The molecule has 2 aliphatic rings. The third-order valence-electron chi connectivity index (χ3n) is 5.05. The second-order valence-electron chi connectivity index (χ2n) is 7.74. The van der Waals surface area contributed by atoms with Crippen LogP contribution >= 0.6 is 0 Å². The summed E-state index contributed by atoms with van der Waals surface area (Å²) in [6, 6.07) is 10.2. The third-order valence-corrected chi connectivity index (χ3v) is 5.05. The van der Waals surface area contributed by atoms with E-state index in [0.717, 1.165) is 13.0 Å². The van der Waals surface area contributed by atoms with Crippen LogP contribution in [0.4, 0.5) is 4.79 Å². The molecule has 1 saturated heterocycles. The Morgan fingerprint density at radius 1 is 1.16 bits per heavy atom. The predicted octanol–water partition coefficient (Wildman–Crippen LogP) is 2.74. The fraction of sp³-hybridized carbons (Fsp3) is 0.600. The average molecular weight is 343 g/mol. The van der Waals surface area contributed by atoms with E-state index in [1.807, 2.05) is 36.9 Å². The zero-order chi connectivity index (χ0) is 17.8. The summed E-state index contributed by atoms with van der Waals surface area (Å²) in [6.07, 6.45) is 3.24. The number of likely N-dealkylation sites (tertiary alicyclic amines) is 1. The molecular weight excluding hydrogens is 314 g/mol. The summed E-state index contributed by atoms with van der Waals surface area (Å²) >= 11 is 0. The Balaban J connectivity index is 1.70. The Kier molecular flexibility index (Phi) is 5.61. The Bertz CT molecular complexity index is 598. The van der Waals surface area contributed by atoms with Crippen molar-refractivity contribution < 1.29 is 9.59 Å². The molecule has 2 atom stereocenters. The second-order valence-corrected chi connectivity index (χ2v) is 7.74. The maximum Gasteiger partial charge on any atom is 0.317 e. The van der Waals surface area contributed by atoms with E-state index in [1.165, 1.54) is 18.4 Å². The highest BCUT2D eigenvalue weighted by molar-refractivity contribution is 5.81. The number of nitrogens with zero attached hydrogens (tertiary/aromatic N) is 1. The highest BCUT2D eigenvalue weighted by Gasteiger charge is 2.35. The Morgan fingerprint density at radius 2 is 1.88 bits per heavy atom. The van der Waals surface area contributed by atoms with Crippen LogP contribution in [-0.4, -0.2) is 42.5 Å². The first-order chi connectivity index (χ1) is 12.0. The zero-order valence-electron chi connectivity index (χ0n) is 15.2. The molecule has 1 aromatic carbocycles. The van der Waals surface area contributed by atoms with Crippen molar-refractivity contribution in [2.75, 3.05) is 19.6 Å². The smallest absolute Gasteiger partial charge is 0.317 e. The van der Waals surface area contributed by atoms with Gasteiger partial charge in [0.1, 0.15) is 0 Å². The predicted molar refractivity (Wildman–Crippen MR) is 98.3 cm³/mol. The van der Waals surface area contributed by atoms with Gasteiger partial charge in [0, 0.05) is 31.6 Å². The van der Waals surface area contributed by atoms with Gasteiger partial charge in [-0.3, -0.25) is 4.79 Å². The summed E-state index contributed by atoms with van der Waals surface area (Å²) in [4.78, 5) is 26.9. The summed E-state index contributed by atoms with van der Waals surface area (Å²) in [5.74, 6) is 0.813. The van der Waals surface area contributed by atoms with Gasteiger partial charge in [-0.05, 0) is 44.6 Å². The molecule has 0 bridgehead atoms. The number of hydrogen-bond acceptors (Lipinski definition) is 2. The number of rotatable bonds is 5. The van der Waals surface area contributed by atoms with Crippen LogP contribution in [0.15, 0.2) is 30.3 Å². The number of nitrogens with one attached hydrogen (secondary N) is 2. The number of piperidine rings is 1. The van der Waals surface area contributed by atoms with E-state index in [9.17, 15) is 9.59 Å². The van der Waals surface area contributed by atoms with E-state index in [1.54, 1.807) is 0 Å². The first-order valence-electron chi connectivity index (χ1n) is 9.41. The summed E-state index contributed by atoms with van der Waals surface area (Å²) < 4.78 is 0. The molecule has 0 unspecified atom stereocenters. The van der Waals surface area contributed by atoms with Crippen LogP contribution < -0.4 is 10.6 Å². The van der Waals surface area contributed by atoms with Crippen molar-refractivity contribution in [3.63, 3.8) is 0 Å². The van der Waals surface area contributed by atoms with Crippen LogP contribution in [0.2, 0.25) is 0 Å². The van der Waals surface area contributed by atoms with Crippen LogP contribution in [0.5, 0.6) is 0 Å². The molecule has 3 rings (SSSR count). The monoisotopic (exact) mass is 343 g/mol. The Hall–Kier alpha value is -2.04. The van der Waals surface area contributed by atoms with Gasteiger partial charge in [0.25, 0.3) is 0 Å². The fourth-order valence-corrected chi connectivity index (χ4v) is 3.47. The van der Waals surface area contributed by atoms with Crippen molar-refractivity contribution in [2.45, 2.75) is 45.1 Å². The van der Waals surface area contributed by atoms with E-state index >= 15 is 0 Å². The van der Waals surface area contributed by atoms with Gasteiger partial charge in [-0.1, -0.05) is 30.3 Å². The molecule has 136 valence electrons. The molecule has 5 nitrogen and oxygen atoms in total. The molecule has 1 heterocycles. The van der Waals surface area contributed by atoms with Gasteiger partial charge in [-0.25, -0.2) is 4.79 Å². The molecule has 0 radical (unpaired) electrons. The molecule has 1 saturated carbocycles. The summed E-state index contributed by atoms with van der Waals surface area (Å²) in [5, 5.41) is 6.05. The number of carbonyl (C=O) groups excluding carboxylic acids is 2. The molecule has 3 amide bonds. The van der Waals surface area contributed by atoms with Crippen LogP contribution in [-0.2, 0) is 4.79 Å². The lowest BCUT2D eigenvalue weighted by atomic mass is 9.84. The quantitative estimate of drug-likeness (QED) is 0.863. The standard InChI is InChI=1S/C20H29N3O2/c1-14(2)22-20(25)23-12-17(16-6-4-3-5-7-16)10-18(13-23)19(24)21-11-15-8-9-15/h3-7,14-15,17-18H,8-13H2,1-2H3,(H,21,24)(H,22,25)/t17-,18-/m1/s1. The average Bonchev–Trinajstić information content (AvgIpc) is 3.44. The topological polar surface area (TPSA) is 61.4 Å². The molecule has 2 fully saturated rings. The maximum atomic E-state index is 12.6. The maximum absolute atomic E-state index is 12.6. The van der Waals surface area contributed by atoms with Gasteiger partial charge < -0.3 is 15.5 Å². The number of urea groups is 1. The van der Waals surface area contributed by atoms with E-state index in [4.69, 9.17) is 0 Å². The van der Waals surface area contributed by atoms with E-state index in [0.29, 0.717) is 19.0 Å². The van der Waals surface area contributed by atoms with Crippen molar-refractivity contribution in [1.82, 2.24) is 15.5 Å². The SMILES string of the molecule is CC(C)NC(=O)N1C[C@H](C(=O)NCC2CC2)C[C@@H](c2ccccc2)C1. The molecule has 0 spiro atoms. The fourth-order valence-electron chi connectivity index (χ4n) is 3.47. The molecule has 2 N–H and O–H groups in total. The normalized spacial score (nSPS) is 23.4. The molecular formula is C20H29N3O2. The number of carbonyl (C=O) groups is 2. The first-order valence-corrected chi connectivity index (χ1v) is 9.41. The van der Waals surface area contributed by atoms with Crippen molar-refractivity contribution in [3.05, 3.63) is 35.9 Å². The molecule has 1 aliphatic carbocycles. The van der Waals surface area contributed by atoms with Crippen molar-refractivity contribution >= 4 is 11.9 Å². The van der Waals surface area contributed by atoms with Crippen LogP contribution in [0.1, 0.15) is 44.6 Å². The minimum Gasteiger partial charge on any atom is -0.356 e. The van der Waals surface area contributed by atoms with Gasteiger partial charge >= 0.3 is 6.03 Å². The second kappa shape index (κ2) is 7.89. The lowest BCUT2D eigenvalue weighted by molar-refractivity contribution is -0.126. The van der Waals surface area contributed by atoms with E-state index in [-0.39, 0.29) is 29.8 Å². The number of amides is 3. The highest BCUT2D eigenvalue weighted by Crippen LogP contribution is 2.31. The highest BCUT2D eigenvalue weighted by atomic mass is 16.2. The van der Waals surface area contributed by atoms with Crippen molar-refractivity contribution in [2.24, 2.45) is 11.8 Å². The molecule has 0 aromatic heterocycles. The van der Waals surface area contributed by atoms with Gasteiger partial charge in [0.05, 0.1) is 5.92 Å². The first kappa shape index (κ1) is 17.8. The minimum atomic E-state index is -0.143. The van der Waals surface area contributed by atoms with Gasteiger partial charge in [-0.2, -0.15) is 0 Å². The molecule has 25 heavy (non-hydrogen) atoms. The lowest BCUT2D eigenvalue weighted by Crippen LogP contribution is -2.52. The van der Waals surface area contributed by atoms with Crippen molar-refractivity contribution in [3.8, 4) is 0 Å². The number of benzene rings is 1. The summed E-state index contributed by atoms with van der Waals surface area (Å²) in [5.41, 5.74) is 1.20. The largest absolute Gasteiger partial charge is 0.356 e. The molecule has 5 heteroatoms. The van der Waals surface area contributed by atoms with Crippen LogP contribution in [0, 0.1) is 11.8 Å². The van der Waals surface area contributed by atoms with Crippen molar-refractivity contribution in [1.29, 1.82) is 0 Å². The minimum absolute atomic E-state index is 0.0735. The summed E-state index contributed by atoms with van der Waals surface area (Å²) in [6.45, 7) is 5.85. The number of hydrogen-bond donors (Lipinski definition) is 2. The molecule has 1 aliphatic heterocycles. The van der Waals surface area contributed by atoms with Gasteiger partial charge in [0.15, 0.2) is 0 Å². The van der Waals surface area contributed by atoms with Gasteiger partial charge in [-0.15, -0.1) is 0 Å². The van der Waals surface area contributed by atoms with Crippen LogP contribution in [0.25, 0.3) is 0 Å². The Morgan fingerprint density at radius 3 is 2.52 bits per heavy atom. The lowest BCUT2D eigenvalue weighted by Gasteiger charge is -2.37. The van der Waals surface area contributed by atoms with E-state index < -0.39 is 0 Å². The third kappa shape index (κ3) is 4.97.